The Morgan fingerprint density at radius 3 is 2.17 bits per heavy atom. The van der Waals surface area contributed by atoms with Gasteiger partial charge in [-0.2, -0.15) is 0 Å². The summed E-state index contributed by atoms with van der Waals surface area (Å²) in [5.74, 6) is -0.755. The van der Waals surface area contributed by atoms with Crippen LogP contribution in [0.15, 0.2) is 0 Å². The van der Waals surface area contributed by atoms with Crippen LogP contribution in [0.25, 0.3) is 0 Å². The van der Waals surface area contributed by atoms with E-state index in [4.69, 9.17) is 20.4 Å². The van der Waals surface area contributed by atoms with Gasteiger partial charge in [0, 0.05) is 6.42 Å². The van der Waals surface area contributed by atoms with Gasteiger partial charge in [0.15, 0.2) is 5.78 Å². The lowest BCUT2D eigenvalue weighted by Gasteiger charge is -2.15. The molecule has 0 bridgehead atoms. The standard InChI is InChI=1S/C7H14O5/c1-4(9)5(10)2-6(11)7(12)3-8/h4-6,8-11H,2-3H2,1H3. The summed E-state index contributed by atoms with van der Waals surface area (Å²) in [6, 6.07) is 0. The number of ketones is 1. The molecule has 0 aliphatic heterocycles. The van der Waals surface area contributed by atoms with Crippen molar-refractivity contribution in [2.45, 2.75) is 31.7 Å². The van der Waals surface area contributed by atoms with Gasteiger partial charge >= 0.3 is 0 Å². The van der Waals surface area contributed by atoms with Crippen LogP contribution < -0.4 is 0 Å². The molecule has 0 saturated heterocycles. The van der Waals surface area contributed by atoms with Gasteiger partial charge in [-0.25, -0.2) is 0 Å². The molecule has 0 spiro atoms. The van der Waals surface area contributed by atoms with E-state index in [9.17, 15) is 4.79 Å². The summed E-state index contributed by atoms with van der Waals surface area (Å²) in [6.07, 6.45) is -3.79. The first kappa shape index (κ1) is 11.5. The molecular weight excluding hydrogens is 164 g/mol. The van der Waals surface area contributed by atoms with Crippen molar-refractivity contribution in [3.8, 4) is 0 Å². The number of aliphatic hydroxyl groups excluding tert-OH is 4. The van der Waals surface area contributed by atoms with Crippen molar-refractivity contribution in [1.82, 2.24) is 0 Å². The zero-order valence-corrected chi connectivity index (χ0v) is 6.84. The molecule has 3 unspecified atom stereocenters. The Hall–Kier alpha value is -0.490. The maximum absolute atomic E-state index is 10.6. The largest absolute Gasteiger partial charge is 0.391 e. The topological polar surface area (TPSA) is 98.0 Å². The third-order valence-electron chi connectivity index (χ3n) is 1.55. The minimum absolute atomic E-state index is 0.253. The summed E-state index contributed by atoms with van der Waals surface area (Å²) in [4.78, 5) is 10.6. The number of rotatable bonds is 5. The van der Waals surface area contributed by atoms with Gasteiger partial charge in [-0.3, -0.25) is 4.79 Å². The van der Waals surface area contributed by atoms with Gasteiger partial charge in [0.05, 0.1) is 12.2 Å². The number of carbonyl (C=O) groups excluding carboxylic acids is 1. The third kappa shape index (κ3) is 3.77. The highest BCUT2D eigenvalue weighted by Gasteiger charge is 2.20. The first-order valence-electron chi connectivity index (χ1n) is 3.66. The van der Waals surface area contributed by atoms with Crippen LogP contribution >= 0.6 is 0 Å². The Bertz CT molecular complexity index is 145. The van der Waals surface area contributed by atoms with Crippen LogP contribution in [0, 0.1) is 0 Å². The molecule has 12 heavy (non-hydrogen) atoms. The summed E-state index contributed by atoms with van der Waals surface area (Å²) in [7, 11) is 0. The zero-order valence-electron chi connectivity index (χ0n) is 6.84. The minimum atomic E-state index is -1.40. The molecule has 0 aromatic heterocycles. The number of aliphatic hydroxyl groups is 4. The van der Waals surface area contributed by atoms with Crippen LogP contribution in [0.1, 0.15) is 13.3 Å². The second-order valence-corrected chi connectivity index (χ2v) is 2.68. The summed E-state index contributed by atoms with van der Waals surface area (Å²) < 4.78 is 0. The average molecular weight is 178 g/mol. The van der Waals surface area contributed by atoms with Crippen molar-refractivity contribution in [2.24, 2.45) is 0 Å². The van der Waals surface area contributed by atoms with Crippen LogP contribution in [0.2, 0.25) is 0 Å². The van der Waals surface area contributed by atoms with Crippen LogP contribution in [0.4, 0.5) is 0 Å². The SMILES string of the molecule is CC(O)C(O)CC(O)C(=O)CO. The predicted molar refractivity (Wildman–Crippen MR) is 40.4 cm³/mol. The second-order valence-electron chi connectivity index (χ2n) is 2.68. The lowest BCUT2D eigenvalue weighted by atomic mass is 10.1. The summed E-state index contributed by atoms with van der Waals surface area (Å²) in [6.45, 7) is 0.592. The van der Waals surface area contributed by atoms with Crippen LogP contribution in [-0.4, -0.2) is 51.1 Å². The molecule has 3 atom stereocenters. The Kier molecular flexibility index (Phi) is 5.00. The van der Waals surface area contributed by atoms with E-state index in [0.717, 1.165) is 0 Å². The van der Waals surface area contributed by atoms with E-state index >= 15 is 0 Å². The van der Waals surface area contributed by atoms with E-state index in [2.05, 4.69) is 0 Å². The van der Waals surface area contributed by atoms with E-state index in [1.54, 1.807) is 0 Å². The molecule has 0 amide bonds. The number of hydrogen-bond acceptors (Lipinski definition) is 5. The molecular formula is C7H14O5. The first-order valence-corrected chi connectivity index (χ1v) is 3.66. The van der Waals surface area contributed by atoms with Crippen molar-refractivity contribution in [3.63, 3.8) is 0 Å². The van der Waals surface area contributed by atoms with Crippen molar-refractivity contribution in [2.75, 3.05) is 6.61 Å². The predicted octanol–water partition coefficient (Wildman–Crippen LogP) is -1.96. The molecule has 72 valence electrons. The average Bonchev–Trinajstić information content (AvgIpc) is 2.02. The quantitative estimate of drug-likeness (QED) is 0.392. The summed E-state index contributed by atoms with van der Waals surface area (Å²) in [5.41, 5.74) is 0. The lowest BCUT2D eigenvalue weighted by molar-refractivity contribution is -0.132. The smallest absolute Gasteiger partial charge is 0.186 e. The molecule has 0 fully saturated rings. The van der Waals surface area contributed by atoms with Crippen LogP contribution in [0.3, 0.4) is 0 Å². The molecule has 5 heteroatoms. The van der Waals surface area contributed by atoms with Gasteiger partial charge in [-0.15, -0.1) is 0 Å². The Labute approximate surface area is 70.3 Å². The fourth-order valence-electron chi connectivity index (χ4n) is 0.663. The number of carbonyl (C=O) groups is 1. The zero-order chi connectivity index (χ0) is 9.72. The van der Waals surface area contributed by atoms with E-state index in [1.165, 1.54) is 6.92 Å². The second kappa shape index (κ2) is 5.21. The van der Waals surface area contributed by atoms with Gasteiger partial charge in [0.2, 0.25) is 0 Å². The molecule has 0 aliphatic carbocycles. The highest BCUT2D eigenvalue weighted by atomic mass is 16.3. The van der Waals surface area contributed by atoms with Crippen LogP contribution in [0.5, 0.6) is 0 Å². The van der Waals surface area contributed by atoms with E-state index < -0.39 is 30.7 Å². The van der Waals surface area contributed by atoms with Gasteiger partial charge in [-0.1, -0.05) is 0 Å². The van der Waals surface area contributed by atoms with Gasteiger partial charge in [-0.05, 0) is 6.92 Å². The first-order chi connectivity index (χ1) is 5.49. The van der Waals surface area contributed by atoms with E-state index in [1.807, 2.05) is 0 Å². The molecule has 0 aliphatic rings. The summed E-state index contributed by atoms with van der Waals surface area (Å²) >= 11 is 0. The Morgan fingerprint density at radius 1 is 1.33 bits per heavy atom. The van der Waals surface area contributed by atoms with Crippen molar-refractivity contribution < 1.29 is 25.2 Å². The minimum Gasteiger partial charge on any atom is -0.391 e. The molecule has 0 saturated carbocycles. The number of hydrogen-bond donors (Lipinski definition) is 4. The normalized spacial score (nSPS) is 18.4. The molecule has 0 radical (unpaired) electrons. The Balaban J connectivity index is 3.83. The van der Waals surface area contributed by atoms with Crippen molar-refractivity contribution in [3.05, 3.63) is 0 Å². The van der Waals surface area contributed by atoms with Gasteiger partial charge in [0.25, 0.3) is 0 Å². The fourth-order valence-corrected chi connectivity index (χ4v) is 0.663. The molecule has 0 aromatic carbocycles. The van der Waals surface area contributed by atoms with Crippen molar-refractivity contribution in [1.29, 1.82) is 0 Å². The molecule has 0 heterocycles. The van der Waals surface area contributed by atoms with E-state index in [0.29, 0.717) is 0 Å². The van der Waals surface area contributed by atoms with Gasteiger partial charge in [0.1, 0.15) is 12.7 Å². The summed E-state index contributed by atoms with van der Waals surface area (Å²) in [5, 5.41) is 35.0. The third-order valence-corrected chi connectivity index (χ3v) is 1.55. The molecule has 5 nitrogen and oxygen atoms in total. The highest BCUT2D eigenvalue weighted by Crippen LogP contribution is 2.03. The van der Waals surface area contributed by atoms with Crippen molar-refractivity contribution >= 4 is 5.78 Å². The maximum Gasteiger partial charge on any atom is 0.186 e. The number of Topliss-reactive ketones (excluding diaryl/α,β-unsaturated/α-hetero) is 1. The van der Waals surface area contributed by atoms with Crippen LogP contribution in [-0.2, 0) is 4.79 Å². The van der Waals surface area contributed by atoms with Gasteiger partial charge < -0.3 is 20.4 Å². The lowest BCUT2D eigenvalue weighted by Crippen LogP contribution is -2.33. The highest BCUT2D eigenvalue weighted by molar-refractivity contribution is 5.83. The monoisotopic (exact) mass is 178 g/mol. The molecule has 4 N–H and O–H groups in total. The molecule has 0 aromatic rings. The van der Waals surface area contributed by atoms with E-state index in [-0.39, 0.29) is 6.42 Å². The fraction of sp³-hybridized carbons (Fsp3) is 0.857. The molecule has 0 rings (SSSR count). The Morgan fingerprint density at radius 2 is 1.83 bits per heavy atom. The maximum atomic E-state index is 10.6.